The third-order valence-corrected chi connectivity index (χ3v) is 4.23. The van der Waals surface area contributed by atoms with Crippen molar-refractivity contribution in [2.75, 3.05) is 14.2 Å². The molecule has 1 aliphatic rings. The number of nitrogens with zero attached hydrogens (tertiary/aromatic N) is 2. The van der Waals surface area contributed by atoms with Crippen LogP contribution in [0, 0.1) is 0 Å². The molecule has 0 radical (unpaired) electrons. The standard InChI is InChI=1S/C16H21N3O2/c1-17-13-8-5-7-12(13)16-18-15(19-21-16)10-11-6-3-4-9-14(11)20-2/h3-4,6,9,12-13,17H,5,7-8,10H2,1-2H3. The summed E-state index contributed by atoms with van der Waals surface area (Å²) in [6, 6.07) is 8.38. The fraction of sp³-hybridized carbons (Fsp3) is 0.500. The van der Waals surface area contributed by atoms with Crippen molar-refractivity contribution in [3.63, 3.8) is 0 Å². The highest BCUT2D eigenvalue weighted by Gasteiger charge is 2.31. The Hall–Kier alpha value is -1.88. The summed E-state index contributed by atoms with van der Waals surface area (Å²) in [5, 5.41) is 7.47. The average Bonchev–Trinajstić information content (AvgIpc) is 3.16. The SMILES string of the molecule is CNC1CCCC1c1nc(Cc2ccccc2OC)no1. The van der Waals surface area contributed by atoms with Crippen LogP contribution < -0.4 is 10.1 Å². The van der Waals surface area contributed by atoms with Gasteiger partial charge in [-0.05, 0) is 26.0 Å². The second-order valence-electron chi connectivity index (χ2n) is 5.47. The summed E-state index contributed by atoms with van der Waals surface area (Å²) in [7, 11) is 3.67. The van der Waals surface area contributed by atoms with Crippen molar-refractivity contribution in [2.45, 2.75) is 37.6 Å². The minimum absolute atomic E-state index is 0.342. The topological polar surface area (TPSA) is 60.2 Å². The number of likely N-dealkylation sites (N-methyl/N-ethyl adjacent to an activating group) is 1. The van der Waals surface area contributed by atoms with Crippen LogP contribution in [0.25, 0.3) is 0 Å². The minimum Gasteiger partial charge on any atom is -0.496 e. The first-order chi connectivity index (χ1) is 10.3. The summed E-state index contributed by atoms with van der Waals surface area (Å²) in [6.07, 6.45) is 4.12. The van der Waals surface area contributed by atoms with E-state index in [-0.39, 0.29) is 0 Å². The fourth-order valence-electron chi connectivity index (χ4n) is 3.11. The highest BCUT2D eigenvalue weighted by atomic mass is 16.5. The van der Waals surface area contributed by atoms with E-state index in [1.807, 2.05) is 31.3 Å². The first-order valence-electron chi connectivity index (χ1n) is 7.43. The van der Waals surface area contributed by atoms with Crippen molar-refractivity contribution >= 4 is 0 Å². The molecule has 2 aromatic rings. The van der Waals surface area contributed by atoms with Gasteiger partial charge in [0, 0.05) is 18.0 Å². The summed E-state index contributed by atoms with van der Waals surface area (Å²) in [6.45, 7) is 0. The van der Waals surface area contributed by atoms with Gasteiger partial charge in [-0.3, -0.25) is 0 Å². The molecular formula is C16H21N3O2. The third-order valence-electron chi connectivity index (χ3n) is 4.23. The number of methoxy groups -OCH3 is 1. The number of benzene rings is 1. The lowest BCUT2D eigenvalue weighted by molar-refractivity contribution is 0.332. The second kappa shape index (κ2) is 6.26. The van der Waals surface area contributed by atoms with E-state index in [1.165, 1.54) is 12.8 Å². The highest BCUT2D eigenvalue weighted by molar-refractivity contribution is 5.35. The molecule has 0 aliphatic heterocycles. The zero-order valence-electron chi connectivity index (χ0n) is 12.5. The van der Waals surface area contributed by atoms with Gasteiger partial charge in [0.15, 0.2) is 5.82 Å². The lowest BCUT2D eigenvalue weighted by Gasteiger charge is -2.14. The van der Waals surface area contributed by atoms with Crippen molar-refractivity contribution in [3.8, 4) is 5.75 Å². The van der Waals surface area contributed by atoms with Crippen LogP contribution in [0.1, 0.15) is 42.5 Å². The Morgan fingerprint density at radius 1 is 1.33 bits per heavy atom. The van der Waals surface area contributed by atoms with Crippen LogP contribution in [0.2, 0.25) is 0 Å². The van der Waals surface area contributed by atoms with Gasteiger partial charge < -0.3 is 14.6 Å². The Labute approximate surface area is 124 Å². The molecule has 3 rings (SSSR count). The van der Waals surface area contributed by atoms with Crippen molar-refractivity contribution in [3.05, 3.63) is 41.5 Å². The van der Waals surface area contributed by atoms with E-state index in [0.29, 0.717) is 18.4 Å². The van der Waals surface area contributed by atoms with Crippen LogP contribution in [0.5, 0.6) is 5.75 Å². The van der Waals surface area contributed by atoms with Crippen molar-refractivity contribution in [1.82, 2.24) is 15.5 Å². The predicted molar refractivity (Wildman–Crippen MR) is 79.5 cm³/mol. The minimum atomic E-state index is 0.342. The van der Waals surface area contributed by atoms with E-state index in [4.69, 9.17) is 9.26 Å². The molecule has 1 aromatic heterocycles. The predicted octanol–water partition coefficient (Wildman–Crippen LogP) is 2.52. The summed E-state index contributed by atoms with van der Waals surface area (Å²) >= 11 is 0. The maximum absolute atomic E-state index is 5.48. The lowest BCUT2D eigenvalue weighted by atomic mass is 10.0. The van der Waals surface area contributed by atoms with Crippen molar-refractivity contribution in [2.24, 2.45) is 0 Å². The first kappa shape index (κ1) is 14.1. The van der Waals surface area contributed by atoms with Gasteiger partial charge in [0.2, 0.25) is 5.89 Å². The van der Waals surface area contributed by atoms with Crippen LogP contribution in [0.3, 0.4) is 0 Å². The van der Waals surface area contributed by atoms with Crippen LogP contribution >= 0.6 is 0 Å². The number of nitrogens with one attached hydrogen (secondary N) is 1. The van der Waals surface area contributed by atoms with Gasteiger partial charge in [-0.25, -0.2) is 0 Å². The van der Waals surface area contributed by atoms with Gasteiger partial charge in [-0.15, -0.1) is 0 Å². The van der Waals surface area contributed by atoms with Crippen LogP contribution in [-0.2, 0) is 6.42 Å². The molecule has 5 nitrogen and oxygen atoms in total. The van der Waals surface area contributed by atoms with Gasteiger partial charge in [0.05, 0.1) is 13.0 Å². The van der Waals surface area contributed by atoms with Crippen LogP contribution in [0.15, 0.2) is 28.8 Å². The van der Waals surface area contributed by atoms with E-state index in [1.54, 1.807) is 7.11 Å². The Morgan fingerprint density at radius 2 is 2.19 bits per heavy atom. The van der Waals surface area contributed by atoms with Crippen LogP contribution in [-0.4, -0.2) is 30.3 Å². The number of hydrogen-bond donors (Lipinski definition) is 1. The molecule has 1 aliphatic carbocycles. The molecule has 1 aromatic carbocycles. The molecule has 1 saturated carbocycles. The number of para-hydroxylation sites is 1. The van der Waals surface area contributed by atoms with E-state index < -0.39 is 0 Å². The molecule has 1 N–H and O–H groups in total. The molecule has 0 spiro atoms. The second-order valence-corrected chi connectivity index (χ2v) is 5.47. The molecule has 5 heteroatoms. The van der Waals surface area contributed by atoms with Crippen molar-refractivity contribution in [1.29, 1.82) is 0 Å². The van der Waals surface area contributed by atoms with E-state index >= 15 is 0 Å². The zero-order chi connectivity index (χ0) is 14.7. The fourth-order valence-corrected chi connectivity index (χ4v) is 3.11. The highest BCUT2D eigenvalue weighted by Crippen LogP contribution is 2.33. The molecule has 1 fully saturated rings. The number of hydrogen-bond acceptors (Lipinski definition) is 5. The Kier molecular flexibility index (Phi) is 4.20. The normalized spacial score (nSPS) is 21.6. The van der Waals surface area contributed by atoms with Gasteiger partial charge in [-0.2, -0.15) is 4.98 Å². The smallest absolute Gasteiger partial charge is 0.231 e. The molecule has 112 valence electrons. The Balaban J connectivity index is 1.76. The maximum atomic E-state index is 5.48. The van der Waals surface area contributed by atoms with Gasteiger partial charge in [0.25, 0.3) is 0 Å². The van der Waals surface area contributed by atoms with E-state index in [9.17, 15) is 0 Å². The summed E-state index contributed by atoms with van der Waals surface area (Å²) < 4.78 is 10.8. The zero-order valence-corrected chi connectivity index (χ0v) is 12.5. The summed E-state index contributed by atoms with van der Waals surface area (Å²) in [4.78, 5) is 4.59. The average molecular weight is 287 g/mol. The first-order valence-corrected chi connectivity index (χ1v) is 7.43. The van der Waals surface area contributed by atoms with Gasteiger partial charge in [0.1, 0.15) is 5.75 Å². The summed E-state index contributed by atoms with van der Waals surface area (Å²) in [5.41, 5.74) is 1.07. The molecular weight excluding hydrogens is 266 g/mol. The molecule has 2 unspecified atom stereocenters. The number of ether oxygens (including phenoxy) is 1. The van der Waals surface area contributed by atoms with Gasteiger partial charge >= 0.3 is 0 Å². The molecule has 1 heterocycles. The number of aromatic nitrogens is 2. The Morgan fingerprint density at radius 3 is 3.00 bits per heavy atom. The summed E-state index contributed by atoms with van der Waals surface area (Å²) in [5.74, 6) is 2.68. The molecule has 0 saturated heterocycles. The monoisotopic (exact) mass is 287 g/mol. The quantitative estimate of drug-likeness (QED) is 0.915. The van der Waals surface area contributed by atoms with Gasteiger partial charge in [-0.1, -0.05) is 29.8 Å². The van der Waals surface area contributed by atoms with Crippen molar-refractivity contribution < 1.29 is 9.26 Å². The largest absolute Gasteiger partial charge is 0.496 e. The number of rotatable bonds is 5. The van der Waals surface area contributed by atoms with E-state index in [2.05, 4.69) is 15.5 Å². The third kappa shape index (κ3) is 2.93. The Bertz CT molecular complexity index is 597. The molecule has 0 amide bonds. The van der Waals surface area contributed by atoms with Crippen LogP contribution in [0.4, 0.5) is 0 Å². The van der Waals surface area contributed by atoms with E-state index in [0.717, 1.165) is 29.4 Å². The lowest BCUT2D eigenvalue weighted by Crippen LogP contribution is -2.27. The molecule has 2 atom stereocenters. The molecule has 0 bridgehead atoms. The molecule has 21 heavy (non-hydrogen) atoms. The maximum Gasteiger partial charge on any atom is 0.231 e.